The second-order valence-electron chi connectivity index (χ2n) is 4.18. The van der Waals surface area contributed by atoms with Gasteiger partial charge in [-0.05, 0) is 24.6 Å². The van der Waals surface area contributed by atoms with Gasteiger partial charge < -0.3 is 10.3 Å². The maximum Gasteiger partial charge on any atom is 0.237 e. The SMILES string of the molecule is CCCCc1noc(CSc2ccc(Cl)cc2N)n1. The van der Waals surface area contributed by atoms with Crippen LogP contribution >= 0.6 is 23.4 Å². The van der Waals surface area contributed by atoms with Gasteiger partial charge in [0.25, 0.3) is 0 Å². The second-order valence-corrected chi connectivity index (χ2v) is 5.63. The van der Waals surface area contributed by atoms with Crippen molar-refractivity contribution in [3.8, 4) is 0 Å². The lowest BCUT2D eigenvalue weighted by molar-refractivity contribution is 0.384. The molecule has 1 heterocycles. The highest BCUT2D eigenvalue weighted by Gasteiger charge is 2.08. The maximum atomic E-state index is 5.88. The number of hydrogen-bond acceptors (Lipinski definition) is 5. The minimum Gasteiger partial charge on any atom is -0.398 e. The van der Waals surface area contributed by atoms with E-state index in [1.54, 1.807) is 17.8 Å². The minimum absolute atomic E-state index is 0.616. The van der Waals surface area contributed by atoms with Crippen molar-refractivity contribution in [1.29, 1.82) is 0 Å². The van der Waals surface area contributed by atoms with Gasteiger partial charge in [0.15, 0.2) is 5.82 Å². The Morgan fingerprint density at radius 1 is 1.42 bits per heavy atom. The number of hydrogen-bond donors (Lipinski definition) is 1. The molecule has 1 aromatic heterocycles. The molecule has 102 valence electrons. The number of nitrogens with zero attached hydrogens (tertiary/aromatic N) is 2. The minimum atomic E-state index is 0.616. The van der Waals surface area contributed by atoms with E-state index in [9.17, 15) is 0 Å². The zero-order valence-electron chi connectivity index (χ0n) is 10.7. The maximum absolute atomic E-state index is 5.88. The average Bonchev–Trinajstić information content (AvgIpc) is 2.83. The van der Waals surface area contributed by atoms with Gasteiger partial charge in [-0.2, -0.15) is 4.98 Å². The monoisotopic (exact) mass is 297 g/mol. The third kappa shape index (κ3) is 4.14. The fraction of sp³-hybridized carbons (Fsp3) is 0.385. The van der Waals surface area contributed by atoms with Gasteiger partial charge in [-0.15, -0.1) is 11.8 Å². The highest BCUT2D eigenvalue weighted by atomic mass is 35.5. The molecule has 6 heteroatoms. The van der Waals surface area contributed by atoms with Crippen LogP contribution in [0.25, 0.3) is 0 Å². The molecule has 0 bridgehead atoms. The van der Waals surface area contributed by atoms with Gasteiger partial charge in [0.05, 0.1) is 5.75 Å². The van der Waals surface area contributed by atoms with Crippen LogP contribution in [-0.4, -0.2) is 10.1 Å². The van der Waals surface area contributed by atoms with Gasteiger partial charge in [0, 0.05) is 22.0 Å². The highest BCUT2D eigenvalue weighted by Crippen LogP contribution is 2.29. The van der Waals surface area contributed by atoms with E-state index in [0.29, 0.717) is 22.4 Å². The molecule has 19 heavy (non-hydrogen) atoms. The average molecular weight is 298 g/mol. The number of aryl methyl sites for hydroxylation is 1. The van der Waals surface area contributed by atoms with Crippen molar-refractivity contribution >= 4 is 29.1 Å². The standard InChI is InChI=1S/C13H16ClN3OS/c1-2-3-4-12-16-13(18-17-12)8-19-11-6-5-9(14)7-10(11)15/h5-7H,2-4,8,15H2,1H3. The van der Waals surface area contributed by atoms with Crippen LogP contribution in [0.3, 0.4) is 0 Å². The quantitative estimate of drug-likeness (QED) is 0.646. The van der Waals surface area contributed by atoms with E-state index in [1.807, 2.05) is 12.1 Å². The number of benzene rings is 1. The molecule has 0 amide bonds. The van der Waals surface area contributed by atoms with Crippen molar-refractivity contribution in [2.24, 2.45) is 0 Å². The molecule has 2 rings (SSSR count). The van der Waals surface area contributed by atoms with Crippen LogP contribution in [0.4, 0.5) is 5.69 Å². The van der Waals surface area contributed by atoms with Gasteiger partial charge >= 0.3 is 0 Å². The van der Waals surface area contributed by atoms with E-state index < -0.39 is 0 Å². The Morgan fingerprint density at radius 2 is 2.26 bits per heavy atom. The number of anilines is 1. The molecular weight excluding hydrogens is 282 g/mol. The fourth-order valence-electron chi connectivity index (χ4n) is 1.58. The van der Waals surface area contributed by atoms with Crippen molar-refractivity contribution < 1.29 is 4.52 Å². The van der Waals surface area contributed by atoms with E-state index in [4.69, 9.17) is 21.9 Å². The fourth-order valence-corrected chi connectivity index (χ4v) is 2.54. The van der Waals surface area contributed by atoms with Crippen LogP contribution in [0.1, 0.15) is 31.5 Å². The molecule has 0 atom stereocenters. The van der Waals surface area contributed by atoms with Crippen molar-refractivity contribution in [2.45, 2.75) is 36.8 Å². The van der Waals surface area contributed by atoms with Crippen LogP contribution in [0.5, 0.6) is 0 Å². The lowest BCUT2D eigenvalue weighted by Gasteiger charge is -2.03. The molecular formula is C13H16ClN3OS. The highest BCUT2D eigenvalue weighted by molar-refractivity contribution is 7.98. The van der Waals surface area contributed by atoms with Gasteiger partial charge in [-0.1, -0.05) is 30.1 Å². The summed E-state index contributed by atoms with van der Waals surface area (Å²) < 4.78 is 5.20. The normalized spacial score (nSPS) is 10.8. The van der Waals surface area contributed by atoms with Gasteiger partial charge in [-0.25, -0.2) is 0 Å². The van der Waals surface area contributed by atoms with Crippen molar-refractivity contribution in [3.63, 3.8) is 0 Å². The third-order valence-electron chi connectivity index (χ3n) is 2.59. The van der Waals surface area contributed by atoms with Crippen LogP contribution in [0, 0.1) is 0 Å². The summed E-state index contributed by atoms with van der Waals surface area (Å²) in [7, 11) is 0. The molecule has 0 unspecified atom stereocenters. The zero-order chi connectivity index (χ0) is 13.7. The van der Waals surface area contributed by atoms with Crippen molar-refractivity contribution in [3.05, 3.63) is 34.9 Å². The van der Waals surface area contributed by atoms with Crippen LogP contribution in [0.15, 0.2) is 27.6 Å². The summed E-state index contributed by atoms with van der Waals surface area (Å²) in [4.78, 5) is 5.31. The molecule has 0 aliphatic rings. The molecule has 4 nitrogen and oxygen atoms in total. The first kappa shape index (κ1) is 14.2. The molecule has 0 spiro atoms. The predicted molar refractivity (Wildman–Crippen MR) is 78.3 cm³/mol. The summed E-state index contributed by atoms with van der Waals surface area (Å²) in [6, 6.07) is 5.46. The first-order valence-electron chi connectivity index (χ1n) is 6.18. The Labute approximate surface area is 121 Å². The number of rotatable bonds is 6. The predicted octanol–water partition coefficient (Wildman–Crippen LogP) is 3.94. The molecule has 1 aromatic carbocycles. The lowest BCUT2D eigenvalue weighted by Crippen LogP contribution is -1.90. The number of unbranched alkanes of at least 4 members (excludes halogenated alkanes) is 1. The summed E-state index contributed by atoms with van der Waals surface area (Å²) in [5, 5.41) is 4.59. The first-order valence-corrected chi connectivity index (χ1v) is 7.54. The number of nitrogens with two attached hydrogens (primary N) is 1. The summed E-state index contributed by atoms with van der Waals surface area (Å²) in [6.07, 6.45) is 3.07. The van der Waals surface area contributed by atoms with Crippen molar-refractivity contribution in [2.75, 3.05) is 5.73 Å². The summed E-state index contributed by atoms with van der Waals surface area (Å²) in [5.41, 5.74) is 6.55. The molecule has 0 saturated heterocycles. The molecule has 0 radical (unpaired) electrons. The molecule has 2 N–H and O–H groups in total. The summed E-state index contributed by atoms with van der Waals surface area (Å²) in [5.74, 6) is 2.03. The van der Waals surface area contributed by atoms with Crippen LogP contribution in [0.2, 0.25) is 5.02 Å². The Balaban J connectivity index is 1.92. The molecule has 0 aliphatic heterocycles. The van der Waals surface area contributed by atoms with Gasteiger partial charge in [-0.3, -0.25) is 0 Å². The largest absolute Gasteiger partial charge is 0.398 e. The Hall–Kier alpha value is -1.20. The van der Waals surface area contributed by atoms with Gasteiger partial charge in [0.2, 0.25) is 5.89 Å². The van der Waals surface area contributed by atoms with E-state index in [-0.39, 0.29) is 0 Å². The van der Waals surface area contributed by atoms with Crippen molar-refractivity contribution in [1.82, 2.24) is 10.1 Å². The Bertz CT molecular complexity index is 544. The third-order valence-corrected chi connectivity index (χ3v) is 3.90. The smallest absolute Gasteiger partial charge is 0.237 e. The summed E-state index contributed by atoms with van der Waals surface area (Å²) >= 11 is 7.42. The molecule has 2 aromatic rings. The van der Waals surface area contributed by atoms with Crippen LogP contribution < -0.4 is 5.73 Å². The Morgan fingerprint density at radius 3 is 3.00 bits per heavy atom. The Kier molecular flexibility index (Phi) is 5.10. The topological polar surface area (TPSA) is 64.9 Å². The molecule has 0 saturated carbocycles. The number of halogens is 1. The van der Waals surface area contributed by atoms with E-state index in [1.165, 1.54) is 0 Å². The number of aromatic nitrogens is 2. The van der Waals surface area contributed by atoms with Crippen LogP contribution in [-0.2, 0) is 12.2 Å². The summed E-state index contributed by atoms with van der Waals surface area (Å²) in [6.45, 7) is 2.14. The number of thioether (sulfide) groups is 1. The first-order chi connectivity index (χ1) is 9.19. The second kappa shape index (κ2) is 6.82. The lowest BCUT2D eigenvalue weighted by atomic mass is 10.2. The van der Waals surface area contributed by atoms with E-state index >= 15 is 0 Å². The van der Waals surface area contributed by atoms with E-state index in [2.05, 4.69) is 17.1 Å². The van der Waals surface area contributed by atoms with Gasteiger partial charge in [0.1, 0.15) is 0 Å². The molecule has 0 fully saturated rings. The van der Waals surface area contributed by atoms with E-state index in [0.717, 1.165) is 30.0 Å². The zero-order valence-corrected chi connectivity index (χ0v) is 12.3. The number of nitrogen functional groups attached to an aromatic ring is 1. The molecule has 0 aliphatic carbocycles.